The van der Waals surface area contributed by atoms with Gasteiger partial charge in [0.1, 0.15) is 0 Å². The van der Waals surface area contributed by atoms with Gasteiger partial charge in [0, 0.05) is 30.4 Å². The third-order valence-electron chi connectivity index (χ3n) is 4.85. The highest BCUT2D eigenvalue weighted by atomic mass is 32.2. The van der Waals surface area contributed by atoms with Gasteiger partial charge in [-0.25, -0.2) is 13.1 Å². The molecule has 2 rings (SSSR count). The Hall–Kier alpha value is -1.67. The molecule has 0 aliphatic heterocycles. The number of phenolic OH excluding ortho intramolecular Hbond substituents is 1. The summed E-state index contributed by atoms with van der Waals surface area (Å²) in [6, 6.07) is 3.44. The Kier molecular flexibility index (Phi) is 7.00. The van der Waals surface area contributed by atoms with E-state index in [9.17, 15) is 13.5 Å². The highest BCUT2D eigenvalue weighted by Gasteiger charge is 2.26. The standard InChI is InChI=1S/C18H30N2O5S/c1-12(2)26(22,23)20-14-7-5-13(6-8-14)11-19-15-9-16(21)18(25-4)17(10-15)24-3/h9-10,12-14,19-21H,5-8,11H2,1-4H3. The van der Waals surface area contributed by atoms with Crippen molar-refractivity contribution < 1.29 is 23.0 Å². The first-order valence-corrected chi connectivity index (χ1v) is 10.5. The number of anilines is 1. The predicted molar refractivity (Wildman–Crippen MR) is 103 cm³/mol. The first-order chi connectivity index (χ1) is 12.3. The van der Waals surface area contributed by atoms with Crippen LogP contribution in [0.3, 0.4) is 0 Å². The second kappa shape index (κ2) is 8.81. The summed E-state index contributed by atoms with van der Waals surface area (Å²) >= 11 is 0. The second-order valence-electron chi connectivity index (χ2n) is 7.04. The van der Waals surface area contributed by atoms with Crippen molar-refractivity contribution in [2.45, 2.75) is 50.8 Å². The summed E-state index contributed by atoms with van der Waals surface area (Å²) in [5, 5.41) is 12.9. The third-order valence-corrected chi connectivity index (χ3v) is 6.76. The molecule has 1 aromatic carbocycles. The zero-order valence-electron chi connectivity index (χ0n) is 15.9. The Bertz CT molecular complexity index is 698. The Balaban J connectivity index is 1.86. The lowest BCUT2D eigenvalue weighted by Gasteiger charge is -2.29. The fraction of sp³-hybridized carbons (Fsp3) is 0.667. The van der Waals surface area contributed by atoms with Crippen LogP contribution in [0.5, 0.6) is 17.2 Å². The van der Waals surface area contributed by atoms with Crippen LogP contribution in [0, 0.1) is 5.92 Å². The number of hydrogen-bond donors (Lipinski definition) is 3. The summed E-state index contributed by atoms with van der Waals surface area (Å²) in [4.78, 5) is 0. The molecule has 0 spiro atoms. The van der Waals surface area contributed by atoms with Gasteiger partial charge >= 0.3 is 0 Å². The summed E-state index contributed by atoms with van der Waals surface area (Å²) in [6.07, 6.45) is 3.60. The molecule has 8 heteroatoms. The molecule has 7 nitrogen and oxygen atoms in total. The van der Waals surface area contributed by atoms with Crippen LogP contribution >= 0.6 is 0 Å². The minimum atomic E-state index is -3.21. The summed E-state index contributed by atoms with van der Waals surface area (Å²) in [7, 11) is -0.198. The van der Waals surface area contributed by atoms with E-state index in [-0.39, 0.29) is 11.8 Å². The third kappa shape index (κ3) is 5.17. The van der Waals surface area contributed by atoms with E-state index in [1.54, 1.807) is 26.0 Å². The SMILES string of the molecule is COc1cc(NCC2CCC(NS(=O)(=O)C(C)C)CC2)cc(O)c1OC. The van der Waals surface area contributed by atoms with E-state index >= 15 is 0 Å². The maximum atomic E-state index is 12.0. The molecule has 1 saturated carbocycles. The van der Waals surface area contributed by atoms with Crippen LogP contribution in [0.25, 0.3) is 0 Å². The van der Waals surface area contributed by atoms with E-state index in [1.807, 2.05) is 0 Å². The van der Waals surface area contributed by atoms with Gasteiger partial charge in [-0.3, -0.25) is 0 Å². The number of hydrogen-bond acceptors (Lipinski definition) is 6. The van der Waals surface area contributed by atoms with Gasteiger partial charge in [-0.1, -0.05) is 0 Å². The summed E-state index contributed by atoms with van der Waals surface area (Å²) in [5.41, 5.74) is 0.766. The quantitative estimate of drug-likeness (QED) is 0.636. The van der Waals surface area contributed by atoms with E-state index < -0.39 is 15.3 Å². The zero-order valence-corrected chi connectivity index (χ0v) is 16.7. The molecule has 0 radical (unpaired) electrons. The van der Waals surface area contributed by atoms with E-state index in [0.717, 1.165) is 37.9 Å². The number of methoxy groups -OCH3 is 2. The average Bonchev–Trinajstić information content (AvgIpc) is 2.60. The maximum Gasteiger partial charge on any atom is 0.214 e. The van der Waals surface area contributed by atoms with Crippen LogP contribution < -0.4 is 19.5 Å². The van der Waals surface area contributed by atoms with Gasteiger partial charge in [-0.2, -0.15) is 0 Å². The topological polar surface area (TPSA) is 96.9 Å². The van der Waals surface area contributed by atoms with Crippen LogP contribution in [0.1, 0.15) is 39.5 Å². The lowest BCUT2D eigenvalue weighted by Crippen LogP contribution is -2.41. The monoisotopic (exact) mass is 386 g/mol. The Morgan fingerprint density at radius 3 is 2.35 bits per heavy atom. The average molecular weight is 387 g/mol. The molecule has 0 atom stereocenters. The fourth-order valence-corrected chi connectivity index (χ4v) is 4.13. The number of rotatable bonds is 8. The molecular weight excluding hydrogens is 356 g/mol. The van der Waals surface area contributed by atoms with Crippen molar-refractivity contribution in [2.75, 3.05) is 26.1 Å². The van der Waals surface area contributed by atoms with Crippen molar-refractivity contribution in [1.29, 1.82) is 0 Å². The van der Waals surface area contributed by atoms with Gasteiger partial charge in [0.15, 0.2) is 11.5 Å². The van der Waals surface area contributed by atoms with Gasteiger partial charge in [-0.05, 0) is 45.4 Å². The summed E-state index contributed by atoms with van der Waals surface area (Å²) in [5.74, 6) is 1.28. The molecule has 0 amide bonds. The fourth-order valence-electron chi connectivity index (χ4n) is 3.16. The lowest BCUT2D eigenvalue weighted by molar-refractivity contribution is 0.323. The second-order valence-corrected chi connectivity index (χ2v) is 9.31. The van der Waals surface area contributed by atoms with E-state index in [4.69, 9.17) is 9.47 Å². The van der Waals surface area contributed by atoms with Crippen molar-refractivity contribution in [1.82, 2.24) is 4.72 Å². The van der Waals surface area contributed by atoms with Crippen LogP contribution in [0.4, 0.5) is 5.69 Å². The number of ether oxygens (including phenoxy) is 2. The van der Waals surface area contributed by atoms with Crippen molar-refractivity contribution >= 4 is 15.7 Å². The van der Waals surface area contributed by atoms with Gasteiger partial charge in [-0.15, -0.1) is 0 Å². The molecule has 1 aromatic rings. The number of phenols is 1. The molecule has 0 heterocycles. The van der Waals surface area contributed by atoms with Crippen molar-refractivity contribution in [3.8, 4) is 17.2 Å². The van der Waals surface area contributed by atoms with Gasteiger partial charge in [0.25, 0.3) is 0 Å². The van der Waals surface area contributed by atoms with Gasteiger partial charge in [0.05, 0.1) is 19.5 Å². The van der Waals surface area contributed by atoms with Crippen molar-refractivity contribution in [3.05, 3.63) is 12.1 Å². The van der Waals surface area contributed by atoms with Gasteiger partial charge in [0.2, 0.25) is 15.8 Å². The number of sulfonamides is 1. The van der Waals surface area contributed by atoms with Gasteiger partial charge < -0.3 is 19.9 Å². The molecule has 0 bridgehead atoms. The maximum absolute atomic E-state index is 12.0. The van der Waals surface area contributed by atoms with Crippen LogP contribution in [0.2, 0.25) is 0 Å². The zero-order chi connectivity index (χ0) is 19.3. The summed E-state index contributed by atoms with van der Waals surface area (Å²) in [6.45, 7) is 4.14. The van der Waals surface area contributed by atoms with Crippen molar-refractivity contribution in [3.63, 3.8) is 0 Å². The molecule has 1 aliphatic rings. The molecule has 3 N–H and O–H groups in total. The minimum Gasteiger partial charge on any atom is -0.504 e. The van der Waals surface area contributed by atoms with Crippen LogP contribution in [0.15, 0.2) is 12.1 Å². The first kappa shape index (κ1) is 20.6. The molecule has 148 valence electrons. The van der Waals surface area contributed by atoms with Crippen molar-refractivity contribution in [2.24, 2.45) is 5.92 Å². The molecule has 26 heavy (non-hydrogen) atoms. The predicted octanol–water partition coefficient (Wildman–Crippen LogP) is 2.71. The first-order valence-electron chi connectivity index (χ1n) is 8.96. The normalized spacial score (nSPS) is 20.8. The minimum absolute atomic E-state index is 0.0288. The van der Waals surface area contributed by atoms with E-state index in [1.165, 1.54) is 14.2 Å². The number of nitrogens with one attached hydrogen (secondary N) is 2. The molecule has 1 fully saturated rings. The molecule has 0 unspecified atom stereocenters. The highest BCUT2D eigenvalue weighted by molar-refractivity contribution is 7.90. The summed E-state index contributed by atoms with van der Waals surface area (Å²) < 4.78 is 37.1. The molecule has 0 aromatic heterocycles. The van der Waals surface area contributed by atoms with E-state index in [2.05, 4.69) is 10.0 Å². The Morgan fingerprint density at radius 2 is 1.81 bits per heavy atom. The largest absolute Gasteiger partial charge is 0.504 e. The van der Waals surface area contributed by atoms with Crippen LogP contribution in [-0.4, -0.2) is 45.6 Å². The lowest BCUT2D eigenvalue weighted by atomic mass is 9.86. The number of aromatic hydroxyl groups is 1. The molecule has 0 saturated heterocycles. The van der Waals surface area contributed by atoms with E-state index in [0.29, 0.717) is 17.4 Å². The highest BCUT2D eigenvalue weighted by Crippen LogP contribution is 2.39. The Morgan fingerprint density at radius 1 is 1.15 bits per heavy atom. The Labute approximate surface area is 156 Å². The molecular formula is C18H30N2O5S. The van der Waals surface area contributed by atoms with Crippen LogP contribution in [-0.2, 0) is 10.0 Å². The number of benzene rings is 1. The smallest absolute Gasteiger partial charge is 0.214 e. The molecule has 1 aliphatic carbocycles.